The van der Waals surface area contributed by atoms with Gasteiger partial charge in [-0.15, -0.1) is 0 Å². The SMILES string of the molecule is CCOC(=O)C(C)n1nc(C2=CCCCC2)c(=O)n(C)c1=S. The average Bonchev–Trinajstić information content (AvgIpc) is 2.53. The fourth-order valence-corrected chi connectivity index (χ4v) is 2.74. The Hall–Kier alpha value is -1.76. The zero-order valence-electron chi connectivity index (χ0n) is 13.2. The van der Waals surface area contributed by atoms with Crippen LogP contribution in [0.5, 0.6) is 0 Å². The number of aromatic nitrogens is 3. The van der Waals surface area contributed by atoms with Gasteiger partial charge in [-0.05, 0) is 57.3 Å². The molecule has 1 heterocycles. The molecular formula is C15H21N3O3S. The molecule has 0 spiro atoms. The van der Waals surface area contributed by atoms with Gasteiger partial charge in [-0.25, -0.2) is 9.48 Å². The van der Waals surface area contributed by atoms with Crippen LogP contribution < -0.4 is 5.56 Å². The molecular weight excluding hydrogens is 302 g/mol. The van der Waals surface area contributed by atoms with Gasteiger partial charge >= 0.3 is 5.97 Å². The van der Waals surface area contributed by atoms with Gasteiger partial charge in [-0.3, -0.25) is 9.36 Å². The van der Waals surface area contributed by atoms with Gasteiger partial charge in [0, 0.05) is 7.05 Å². The number of esters is 1. The van der Waals surface area contributed by atoms with Gasteiger partial charge in [-0.1, -0.05) is 6.08 Å². The summed E-state index contributed by atoms with van der Waals surface area (Å²) in [5, 5.41) is 4.37. The lowest BCUT2D eigenvalue weighted by atomic mass is 9.97. The summed E-state index contributed by atoms with van der Waals surface area (Å²) < 4.78 is 8.00. The van der Waals surface area contributed by atoms with Crippen LogP contribution in [0.1, 0.15) is 51.3 Å². The van der Waals surface area contributed by atoms with E-state index < -0.39 is 12.0 Å². The second-order valence-electron chi connectivity index (χ2n) is 5.34. The monoisotopic (exact) mass is 323 g/mol. The molecule has 1 unspecified atom stereocenters. The molecule has 120 valence electrons. The lowest BCUT2D eigenvalue weighted by Gasteiger charge is -2.18. The first kappa shape index (κ1) is 16.6. The summed E-state index contributed by atoms with van der Waals surface area (Å²) in [7, 11) is 1.60. The minimum Gasteiger partial charge on any atom is -0.464 e. The molecule has 0 radical (unpaired) electrons. The Morgan fingerprint density at radius 3 is 2.82 bits per heavy atom. The number of nitrogens with zero attached hydrogens (tertiary/aromatic N) is 3. The molecule has 1 aliphatic rings. The summed E-state index contributed by atoms with van der Waals surface area (Å²) in [6, 6.07) is -0.665. The Morgan fingerprint density at radius 1 is 1.50 bits per heavy atom. The molecule has 1 aliphatic carbocycles. The van der Waals surface area contributed by atoms with Gasteiger partial charge < -0.3 is 4.74 Å². The molecule has 0 aromatic carbocycles. The van der Waals surface area contributed by atoms with Crippen LogP contribution in [-0.4, -0.2) is 26.9 Å². The molecule has 0 bridgehead atoms. The lowest BCUT2D eigenvalue weighted by Crippen LogP contribution is -2.32. The van der Waals surface area contributed by atoms with Gasteiger partial charge in [0.25, 0.3) is 5.56 Å². The number of hydrogen-bond donors (Lipinski definition) is 0. The molecule has 7 heteroatoms. The van der Waals surface area contributed by atoms with Crippen LogP contribution in [0.15, 0.2) is 10.9 Å². The highest BCUT2D eigenvalue weighted by Gasteiger charge is 2.22. The van der Waals surface area contributed by atoms with Crippen molar-refractivity contribution in [2.45, 2.75) is 45.6 Å². The van der Waals surface area contributed by atoms with Crippen molar-refractivity contribution in [1.29, 1.82) is 0 Å². The predicted molar refractivity (Wildman–Crippen MR) is 86.1 cm³/mol. The topological polar surface area (TPSA) is 66.1 Å². The first-order valence-electron chi connectivity index (χ1n) is 7.53. The van der Waals surface area contributed by atoms with Crippen molar-refractivity contribution in [3.05, 3.63) is 26.9 Å². The van der Waals surface area contributed by atoms with Crippen molar-refractivity contribution in [2.24, 2.45) is 7.05 Å². The van der Waals surface area contributed by atoms with Gasteiger partial charge in [0.15, 0.2) is 10.5 Å². The minimum absolute atomic E-state index is 0.214. The van der Waals surface area contributed by atoms with E-state index in [1.165, 1.54) is 9.25 Å². The molecule has 0 saturated carbocycles. The molecule has 22 heavy (non-hydrogen) atoms. The van der Waals surface area contributed by atoms with E-state index in [0.29, 0.717) is 12.3 Å². The summed E-state index contributed by atoms with van der Waals surface area (Å²) in [6.07, 6.45) is 5.99. The van der Waals surface area contributed by atoms with E-state index in [1.54, 1.807) is 20.9 Å². The molecule has 0 N–H and O–H groups in total. The third-order valence-electron chi connectivity index (χ3n) is 3.79. The van der Waals surface area contributed by atoms with Crippen LogP contribution >= 0.6 is 12.2 Å². The smallest absolute Gasteiger partial charge is 0.330 e. The van der Waals surface area contributed by atoms with Gasteiger partial charge in [0.05, 0.1) is 6.61 Å². The van der Waals surface area contributed by atoms with Crippen molar-refractivity contribution in [2.75, 3.05) is 6.61 Å². The first-order valence-corrected chi connectivity index (χ1v) is 7.94. The molecule has 0 amide bonds. The molecule has 6 nitrogen and oxygen atoms in total. The molecule has 2 rings (SSSR count). The van der Waals surface area contributed by atoms with E-state index >= 15 is 0 Å². The highest BCUT2D eigenvalue weighted by molar-refractivity contribution is 7.71. The third-order valence-corrected chi connectivity index (χ3v) is 4.25. The van der Waals surface area contributed by atoms with Crippen LogP contribution in [0.25, 0.3) is 5.57 Å². The van der Waals surface area contributed by atoms with E-state index in [4.69, 9.17) is 17.0 Å². The van der Waals surface area contributed by atoms with Crippen molar-refractivity contribution in [3.63, 3.8) is 0 Å². The lowest BCUT2D eigenvalue weighted by molar-refractivity contribution is -0.147. The van der Waals surface area contributed by atoms with Crippen molar-refractivity contribution >= 4 is 23.8 Å². The van der Waals surface area contributed by atoms with E-state index in [-0.39, 0.29) is 10.3 Å². The second kappa shape index (κ2) is 7.00. The summed E-state index contributed by atoms with van der Waals surface area (Å²) >= 11 is 5.26. The first-order chi connectivity index (χ1) is 10.5. The van der Waals surface area contributed by atoms with E-state index in [9.17, 15) is 9.59 Å². The zero-order chi connectivity index (χ0) is 16.3. The maximum atomic E-state index is 12.4. The molecule has 0 fully saturated rings. The van der Waals surface area contributed by atoms with Crippen LogP contribution in [0.2, 0.25) is 0 Å². The Morgan fingerprint density at radius 2 is 2.23 bits per heavy atom. The van der Waals surface area contributed by atoms with E-state index in [2.05, 4.69) is 11.2 Å². The Bertz CT molecular complexity index is 718. The summed E-state index contributed by atoms with van der Waals surface area (Å²) in [5.41, 5.74) is 1.10. The molecule has 0 saturated heterocycles. The predicted octanol–water partition coefficient (Wildman–Crippen LogP) is 2.39. The summed E-state index contributed by atoms with van der Waals surface area (Å²) in [5.74, 6) is -0.409. The van der Waals surface area contributed by atoms with E-state index in [1.807, 2.05) is 0 Å². The highest BCUT2D eigenvalue weighted by Crippen LogP contribution is 2.23. The summed E-state index contributed by atoms with van der Waals surface area (Å²) in [6.45, 7) is 3.71. The largest absolute Gasteiger partial charge is 0.464 e. The fraction of sp³-hybridized carbons (Fsp3) is 0.600. The van der Waals surface area contributed by atoms with Crippen LogP contribution in [-0.2, 0) is 16.6 Å². The molecule has 1 atom stereocenters. The van der Waals surface area contributed by atoms with Crippen LogP contribution in [0.4, 0.5) is 0 Å². The van der Waals surface area contributed by atoms with Gasteiger partial charge in [-0.2, -0.15) is 5.10 Å². The minimum atomic E-state index is -0.665. The second-order valence-corrected chi connectivity index (χ2v) is 5.71. The number of ether oxygens (including phenoxy) is 1. The molecule has 1 aromatic heterocycles. The molecule has 0 aliphatic heterocycles. The maximum absolute atomic E-state index is 12.4. The average molecular weight is 323 g/mol. The number of carbonyl (C=O) groups is 1. The van der Waals surface area contributed by atoms with Crippen LogP contribution in [0.3, 0.4) is 0 Å². The highest BCUT2D eigenvalue weighted by atomic mass is 32.1. The Balaban J connectivity index is 2.54. The fourth-order valence-electron chi connectivity index (χ4n) is 2.46. The zero-order valence-corrected chi connectivity index (χ0v) is 14.0. The van der Waals surface area contributed by atoms with Crippen molar-refractivity contribution in [3.8, 4) is 0 Å². The number of carbonyl (C=O) groups excluding carboxylic acids is 1. The van der Waals surface area contributed by atoms with E-state index in [0.717, 1.165) is 31.3 Å². The third kappa shape index (κ3) is 3.19. The Kier molecular flexibility index (Phi) is 5.28. The van der Waals surface area contributed by atoms with Crippen molar-refractivity contribution < 1.29 is 9.53 Å². The number of rotatable bonds is 4. The quantitative estimate of drug-likeness (QED) is 0.629. The standard InChI is InChI=1S/C15H21N3O3S/c1-4-21-14(20)10(2)18-15(22)17(3)13(19)12(16-18)11-8-6-5-7-9-11/h8,10H,4-7,9H2,1-3H3. The normalized spacial score (nSPS) is 16.0. The van der Waals surface area contributed by atoms with Gasteiger partial charge in [0.2, 0.25) is 0 Å². The maximum Gasteiger partial charge on any atom is 0.330 e. The van der Waals surface area contributed by atoms with Crippen molar-refractivity contribution in [1.82, 2.24) is 14.3 Å². The van der Waals surface area contributed by atoms with Crippen LogP contribution in [0, 0.1) is 4.77 Å². The summed E-state index contributed by atoms with van der Waals surface area (Å²) in [4.78, 5) is 24.4. The number of allylic oxidation sites excluding steroid dienone is 2. The number of hydrogen-bond acceptors (Lipinski definition) is 5. The van der Waals surface area contributed by atoms with Gasteiger partial charge in [0.1, 0.15) is 6.04 Å². The molecule has 1 aromatic rings. The Labute approximate surface area is 134 Å².